The van der Waals surface area contributed by atoms with Crippen LogP contribution in [0.2, 0.25) is 0 Å². The number of hydrogen-bond acceptors (Lipinski definition) is 3. The molecular formula is C13H15NO3. The van der Waals surface area contributed by atoms with Gasteiger partial charge in [0, 0.05) is 5.92 Å². The standard InChI is InChI=1S/C13H15NO3/c1-7(2)12-14-10-6-9(8(3)13(15)16)4-5-11(10)17-12/h4-8H,1-3H3,(H,15,16). The fraction of sp³-hybridized carbons (Fsp3) is 0.385. The molecule has 1 aromatic carbocycles. The van der Waals surface area contributed by atoms with Crippen molar-refractivity contribution in [3.8, 4) is 0 Å². The first-order valence-electron chi connectivity index (χ1n) is 5.62. The van der Waals surface area contributed by atoms with Crippen LogP contribution in [0.15, 0.2) is 22.6 Å². The smallest absolute Gasteiger partial charge is 0.310 e. The molecule has 0 aliphatic rings. The number of hydrogen-bond donors (Lipinski definition) is 1. The number of carboxylic acids is 1. The Morgan fingerprint density at radius 3 is 2.65 bits per heavy atom. The summed E-state index contributed by atoms with van der Waals surface area (Å²) >= 11 is 0. The predicted octanol–water partition coefficient (Wildman–Crippen LogP) is 3.14. The molecule has 17 heavy (non-hydrogen) atoms. The van der Waals surface area contributed by atoms with Gasteiger partial charge >= 0.3 is 5.97 Å². The lowest BCUT2D eigenvalue weighted by Crippen LogP contribution is -2.06. The van der Waals surface area contributed by atoms with Crippen LogP contribution in [0.5, 0.6) is 0 Å². The second kappa shape index (κ2) is 4.20. The number of oxazole rings is 1. The van der Waals surface area contributed by atoms with Crippen LogP contribution >= 0.6 is 0 Å². The van der Waals surface area contributed by atoms with E-state index in [2.05, 4.69) is 4.98 Å². The molecule has 1 atom stereocenters. The summed E-state index contributed by atoms with van der Waals surface area (Å²) < 4.78 is 5.57. The van der Waals surface area contributed by atoms with Crippen molar-refractivity contribution < 1.29 is 14.3 Å². The van der Waals surface area contributed by atoms with Crippen molar-refractivity contribution in [3.05, 3.63) is 29.7 Å². The zero-order chi connectivity index (χ0) is 12.6. The molecule has 1 N–H and O–H groups in total. The molecule has 1 unspecified atom stereocenters. The second-order valence-corrected chi connectivity index (χ2v) is 4.49. The number of carbonyl (C=O) groups is 1. The topological polar surface area (TPSA) is 63.3 Å². The van der Waals surface area contributed by atoms with Gasteiger partial charge in [-0.1, -0.05) is 19.9 Å². The Balaban J connectivity index is 2.46. The Bertz CT molecular complexity index is 557. The third-order valence-corrected chi connectivity index (χ3v) is 2.79. The summed E-state index contributed by atoms with van der Waals surface area (Å²) in [6, 6.07) is 5.34. The van der Waals surface area contributed by atoms with Crippen molar-refractivity contribution in [2.45, 2.75) is 32.6 Å². The van der Waals surface area contributed by atoms with Crippen LogP contribution in [0.1, 0.15) is 44.1 Å². The molecule has 0 fully saturated rings. The van der Waals surface area contributed by atoms with E-state index in [1.807, 2.05) is 13.8 Å². The van der Waals surface area contributed by atoms with E-state index in [1.54, 1.807) is 25.1 Å². The quantitative estimate of drug-likeness (QED) is 0.884. The molecular weight excluding hydrogens is 218 g/mol. The van der Waals surface area contributed by atoms with Gasteiger partial charge in [-0.3, -0.25) is 4.79 Å². The Morgan fingerprint density at radius 2 is 2.06 bits per heavy atom. The largest absolute Gasteiger partial charge is 0.481 e. The minimum absolute atomic E-state index is 0.225. The first kappa shape index (κ1) is 11.6. The average Bonchev–Trinajstić information content (AvgIpc) is 2.70. The van der Waals surface area contributed by atoms with E-state index in [1.165, 1.54) is 0 Å². The van der Waals surface area contributed by atoms with Crippen molar-refractivity contribution in [2.24, 2.45) is 0 Å². The molecule has 0 saturated heterocycles. The molecule has 0 amide bonds. The summed E-state index contributed by atoms with van der Waals surface area (Å²) in [6.45, 7) is 5.67. The van der Waals surface area contributed by atoms with E-state index >= 15 is 0 Å². The van der Waals surface area contributed by atoms with E-state index in [-0.39, 0.29) is 5.92 Å². The van der Waals surface area contributed by atoms with E-state index in [0.717, 1.165) is 11.1 Å². The Hall–Kier alpha value is -1.84. The maximum absolute atomic E-state index is 10.9. The zero-order valence-corrected chi connectivity index (χ0v) is 10.1. The average molecular weight is 233 g/mol. The maximum atomic E-state index is 10.9. The molecule has 0 spiro atoms. The van der Waals surface area contributed by atoms with Gasteiger partial charge in [-0.15, -0.1) is 0 Å². The number of carboxylic acid groups (broad SMARTS) is 1. The summed E-state index contributed by atoms with van der Waals surface area (Å²) in [5.74, 6) is -0.460. The maximum Gasteiger partial charge on any atom is 0.310 e. The summed E-state index contributed by atoms with van der Waals surface area (Å²) in [6.07, 6.45) is 0. The van der Waals surface area contributed by atoms with Gasteiger partial charge in [0.05, 0.1) is 5.92 Å². The van der Waals surface area contributed by atoms with Gasteiger partial charge in [0.2, 0.25) is 0 Å². The van der Waals surface area contributed by atoms with Crippen LogP contribution in [0.25, 0.3) is 11.1 Å². The lowest BCUT2D eigenvalue weighted by atomic mass is 10.0. The minimum Gasteiger partial charge on any atom is -0.481 e. The fourth-order valence-electron chi connectivity index (χ4n) is 1.62. The molecule has 0 saturated carbocycles. The first-order chi connectivity index (χ1) is 7.99. The van der Waals surface area contributed by atoms with Crippen molar-refractivity contribution in [1.29, 1.82) is 0 Å². The molecule has 0 bridgehead atoms. The number of aromatic nitrogens is 1. The van der Waals surface area contributed by atoms with Crippen LogP contribution < -0.4 is 0 Å². The number of nitrogens with zero attached hydrogens (tertiary/aromatic N) is 1. The minimum atomic E-state index is -0.836. The number of fused-ring (bicyclic) bond motifs is 1. The molecule has 0 radical (unpaired) electrons. The van der Waals surface area contributed by atoms with Crippen molar-refractivity contribution >= 4 is 17.1 Å². The van der Waals surface area contributed by atoms with Gasteiger partial charge < -0.3 is 9.52 Å². The van der Waals surface area contributed by atoms with Gasteiger partial charge in [-0.2, -0.15) is 0 Å². The summed E-state index contributed by atoms with van der Waals surface area (Å²) in [7, 11) is 0. The highest BCUT2D eigenvalue weighted by Gasteiger charge is 2.16. The van der Waals surface area contributed by atoms with Crippen LogP contribution in [-0.4, -0.2) is 16.1 Å². The zero-order valence-electron chi connectivity index (χ0n) is 10.1. The Morgan fingerprint density at radius 1 is 1.35 bits per heavy atom. The van der Waals surface area contributed by atoms with E-state index < -0.39 is 11.9 Å². The Kier molecular flexibility index (Phi) is 2.88. The van der Waals surface area contributed by atoms with E-state index in [9.17, 15) is 4.79 Å². The normalized spacial score (nSPS) is 13.2. The van der Waals surface area contributed by atoms with Crippen molar-refractivity contribution in [2.75, 3.05) is 0 Å². The number of benzene rings is 1. The van der Waals surface area contributed by atoms with Crippen molar-refractivity contribution in [3.63, 3.8) is 0 Å². The highest BCUT2D eigenvalue weighted by molar-refractivity contribution is 5.79. The monoisotopic (exact) mass is 233 g/mol. The Labute approximate surface area is 99.3 Å². The first-order valence-corrected chi connectivity index (χ1v) is 5.62. The highest BCUT2D eigenvalue weighted by Crippen LogP contribution is 2.25. The summed E-state index contributed by atoms with van der Waals surface area (Å²) in [4.78, 5) is 15.3. The fourth-order valence-corrected chi connectivity index (χ4v) is 1.62. The molecule has 2 aromatic rings. The van der Waals surface area contributed by atoms with Gasteiger partial charge in [0.15, 0.2) is 11.5 Å². The lowest BCUT2D eigenvalue weighted by molar-refractivity contribution is -0.138. The van der Waals surface area contributed by atoms with Gasteiger partial charge in [-0.05, 0) is 24.6 Å². The molecule has 0 aliphatic heterocycles. The molecule has 0 aliphatic carbocycles. The molecule has 1 aromatic heterocycles. The predicted molar refractivity (Wildman–Crippen MR) is 64.1 cm³/mol. The summed E-state index contributed by atoms with van der Waals surface area (Å²) in [5, 5.41) is 8.96. The number of rotatable bonds is 3. The third-order valence-electron chi connectivity index (χ3n) is 2.79. The molecule has 4 nitrogen and oxygen atoms in total. The SMILES string of the molecule is CC(C)c1nc2cc(C(C)C(=O)O)ccc2o1. The van der Waals surface area contributed by atoms with E-state index in [0.29, 0.717) is 11.5 Å². The third kappa shape index (κ3) is 2.16. The second-order valence-electron chi connectivity index (χ2n) is 4.49. The molecule has 2 rings (SSSR count). The van der Waals surface area contributed by atoms with Crippen LogP contribution in [0.3, 0.4) is 0 Å². The van der Waals surface area contributed by atoms with Crippen LogP contribution in [0.4, 0.5) is 0 Å². The van der Waals surface area contributed by atoms with Crippen LogP contribution in [0, 0.1) is 0 Å². The molecule has 4 heteroatoms. The molecule has 90 valence electrons. The number of aliphatic carboxylic acids is 1. The highest BCUT2D eigenvalue weighted by atomic mass is 16.4. The van der Waals surface area contributed by atoms with Crippen LogP contribution in [-0.2, 0) is 4.79 Å². The van der Waals surface area contributed by atoms with Gasteiger partial charge in [0.1, 0.15) is 5.52 Å². The van der Waals surface area contributed by atoms with E-state index in [4.69, 9.17) is 9.52 Å². The van der Waals surface area contributed by atoms with Crippen molar-refractivity contribution in [1.82, 2.24) is 4.98 Å². The summed E-state index contributed by atoms with van der Waals surface area (Å²) in [5.41, 5.74) is 2.17. The lowest BCUT2D eigenvalue weighted by Gasteiger charge is -2.04. The van der Waals surface area contributed by atoms with Gasteiger partial charge in [-0.25, -0.2) is 4.98 Å². The van der Waals surface area contributed by atoms with Gasteiger partial charge in [0.25, 0.3) is 0 Å². The molecule has 1 heterocycles.